The van der Waals surface area contributed by atoms with Crippen molar-refractivity contribution in [3.8, 4) is 0 Å². The fourth-order valence-corrected chi connectivity index (χ4v) is 1.51. The zero-order valence-electron chi connectivity index (χ0n) is 10.2. The van der Waals surface area contributed by atoms with E-state index in [1.54, 1.807) is 36.7 Å². The molecule has 96 valence electrons. The van der Waals surface area contributed by atoms with Gasteiger partial charge >= 0.3 is 0 Å². The van der Waals surface area contributed by atoms with Gasteiger partial charge in [0.1, 0.15) is 6.42 Å². The van der Waals surface area contributed by atoms with Crippen LogP contribution in [-0.4, -0.2) is 16.8 Å². The summed E-state index contributed by atoms with van der Waals surface area (Å²) in [4.78, 5) is 27.1. The summed E-state index contributed by atoms with van der Waals surface area (Å²) in [7, 11) is 0. The van der Waals surface area contributed by atoms with Crippen LogP contribution in [0.5, 0.6) is 0 Å². The number of carbonyl (C=O) groups excluding carboxylic acids is 2. The lowest BCUT2D eigenvalue weighted by Crippen LogP contribution is -2.21. The fraction of sp³-hybridized carbons (Fsp3) is 0.0714. The maximum Gasteiger partial charge on any atom is 0.233 e. The first-order valence-electron chi connectivity index (χ1n) is 5.79. The summed E-state index contributed by atoms with van der Waals surface area (Å²) in [6.07, 6.45) is 2.91. The van der Waals surface area contributed by atoms with E-state index in [4.69, 9.17) is 0 Å². The second-order valence-corrected chi connectivity index (χ2v) is 3.88. The van der Waals surface area contributed by atoms with Crippen molar-refractivity contribution in [3.05, 3.63) is 54.9 Å². The van der Waals surface area contributed by atoms with Crippen molar-refractivity contribution < 1.29 is 9.59 Å². The van der Waals surface area contributed by atoms with Crippen molar-refractivity contribution in [2.75, 3.05) is 10.6 Å². The number of hydrogen-bond acceptors (Lipinski definition) is 3. The molecule has 19 heavy (non-hydrogen) atoms. The Morgan fingerprint density at radius 3 is 1.95 bits per heavy atom. The Morgan fingerprint density at radius 1 is 0.842 bits per heavy atom. The van der Waals surface area contributed by atoms with Gasteiger partial charge < -0.3 is 10.6 Å². The second kappa shape index (κ2) is 6.30. The van der Waals surface area contributed by atoms with Gasteiger partial charge in [-0.05, 0) is 24.3 Å². The number of nitrogens with zero attached hydrogens (tertiary/aromatic N) is 1. The van der Waals surface area contributed by atoms with Gasteiger partial charge in [0.2, 0.25) is 11.8 Å². The van der Waals surface area contributed by atoms with E-state index in [1.165, 1.54) is 0 Å². The molecule has 0 spiro atoms. The topological polar surface area (TPSA) is 71.1 Å². The summed E-state index contributed by atoms with van der Waals surface area (Å²) in [5.41, 5.74) is 1.29. The molecule has 5 heteroatoms. The highest BCUT2D eigenvalue weighted by atomic mass is 16.2. The van der Waals surface area contributed by atoms with Gasteiger partial charge in [-0.15, -0.1) is 0 Å². The van der Waals surface area contributed by atoms with E-state index in [2.05, 4.69) is 15.6 Å². The molecule has 0 aliphatic carbocycles. The molecule has 1 aromatic carbocycles. The zero-order chi connectivity index (χ0) is 13.5. The number of hydrogen-bond donors (Lipinski definition) is 2. The van der Waals surface area contributed by atoms with Gasteiger partial charge in [0.15, 0.2) is 0 Å². The Bertz CT molecular complexity index is 504. The van der Waals surface area contributed by atoms with Crippen LogP contribution < -0.4 is 10.6 Å². The third kappa shape index (κ3) is 4.23. The number of anilines is 2. The highest BCUT2D eigenvalue weighted by Crippen LogP contribution is 2.07. The third-order valence-electron chi connectivity index (χ3n) is 2.34. The number of pyridine rings is 1. The van der Waals surface area contributed by atoms with Crippen LogP contribution in [0.15, 0.2) is 54.9 Å². The van der Waals surface area contributed by atoms with Gasteiger partial charge in [0.25, 0.3) is 0 Å². The van der Waals surface area contributed by atoms with Crippen molar-refractivity contribution >= 4 is 23.2 Å². The van der Waals surface area contributed by atoms with Crippen molar-refractivity contribution in [3.63, 3.8) is 0 Å². The Kier molecular flexibility index (Phi) is 4.23. The molecule has 2 N–H and O–H groups in total. The van der Waals surface area contributed by atoms with Crippen molar-refractivity contribution in [1.82, 2.24) is 4.98 Å². The van der Waals surface area contributed by atoms with E-state index in [0.29, 0.717) is 11.4 Å². The van der Waals surface area contributed by atoms with E-state index < -0.39 is 0 Å². The van der Waals surface area contributed by atoms with Crippen LogP contribution in [0.3, 0.4) is 0 Å². The minimum absolute atomic E-state index is 0.225. The highest BCUT2D eigenvalue weighted by Gasteiger charge is 2.09. The SMILES string of the molecule is O=C(CC(=O)Nc1ccncc1)Nc1ccccc1. The first-order chi connectivity index (χ1) is 9.24. The van der Waals surface area contributed by atoms with E-state index in [0.717, 1.165) is 0 Å². The smallest absolute Gasteiger partial charge is 0.233 e. The van der Waals surface area contributed by atoms with E-state index >= 15 is 0 Å². The summed E-state index contributed by atoms with van der Waals surface area (Å²) in [6, 6.07) is 12.3. The molecule has 1 aromatic heterocycles. The Hall–Kier alpha value is -2.69. The zero-order valence-corrected chi connectivity index (χ0v) is 10.2. The van der Waals surface area contributed by atoms with Crippen LogP contribution in [0.1, 0.15) is 6.42 Å². The molecular weight excluding hydrogens is 242 g/mol. The standard InChI is InChI=1S/C14H13N3O2/c18-13(16-11-4-2-1-3-5-11)10-14(19)17-12-6-8-15-9-7-12/h1-9H,10H2,(H,16,18)(H,15,17,19). The molecule has 2 rings (SSSR count). The Labute approximate surface area is 110 Å². The maximum atomic E-state index is 11.6. The molecule has 0 aliphatic heterocycles. The maximum absolute atomic E-state index is 11.6. The van der Waals surface area contributed by atoms with Crippen LogP contribution in [0.2, 0.25) is 0 Å². The molecule has 2 aromatic rings. The molecular formula is C14H13N3O2. The lowest BCUT2D eigenvalue weighted by Gasteiger charge is -2.06. The van der Waals surface area contributed by atoms with Crippen LogP contribution in [0, 0.1) is 0 Å². The van der Waals surface area contributed by atoms with Crippen molar-refractivity contribution in [2.45, 2.75) is 6.42 Å². The number of rotatable bonds is 4. The van der Waals surface area contributed by atoms with Crippen LogP contribution in [0.4, 0.5) is 11.4 Å². The van der Waals surface area contributed by atoms with Gasteiger partial charge in [0, 0.05) is 23.8 Å². The Morgan fingerprint density at radius 2 is 1.37 bits per heavy atom. The normalized spacial score (nSPS) is 9.68. The van der Waals surface area contributed by atoms with Gasteiger partial charge in [-0.25, -0.2) is 0 Å². The summed E-state index contributed by atoms with van der Waals surface area (Å²) in [6.45, 7) is 0. The molecule has 0 aliphatic rings. The summed E-state index contributed by atoms with van der Waals surface area (Å²) in [5, 5.41) is 5.27. The van der Waals surface area contributed by atoms with Gasteiger partial charge in [-0.3, -0.25) is 14.6 Å². The predicted molar refractivity (Wildman–Crippen MR) is 72.6 cm³/mol. The van der Waals surface area contributed by atoms with Crippen LogP contribution in [0.25, 0.3) is 0 Å². The lowest BCUT2D eigenvalue weighted by molar-refractivity contribution is -0.123. The molecule has 0 fully saturated rings. The number of aromatic nitrogens is 1. The summed E-state index contributed by atoms with van der Waals surface area (Å²) >= 11 is 0. The largest absolute Gasteiger partial charge is 0.326 e. The third-order valence-corrected chi connectivity index (χ3v) is 2.34. The number of para-hydroxylation sites is 1. The quantitative estimate of drug-likeness (QED) is 0.821. The molecule has 5 nitrogen and oxygen atoms in total. The number of nitrogens with one attached hydrogen (secondary N) is 2. The lowest BCUT2D eigenvalue weighted by atomic mass is 10.3. The number of amides is 2. The van der Waals surface area contributed by atoms with Gasteiger partial charge in [0.05, 0.1) is 0 Å². The summed E-state index contributed by atoms with van der Waals surface area (Å²) in [5.74, 6) is -0.711. The number of carbonyl (C=O) groups is 2. The van der Waals surface area contributed by atoms with Crippen LogP contribution >= 0.6 is 0 Å². The second-order valence-electron chi connectivity index (χ2n) is 3.88. The molecule has 0 radical (unpaired) electrons. The highest BCUT2D eigenvalue weighted by molar-refractivity contribution is 6.08. The first kappa shape index (κ1) is 12.8. The van der Waals surface area contributed by atoms with E-state index in [9.17, 15) is 9.59 Å². The molecule has 0 atom stereocenters. The van der Waals surface area contributed by atoms with Gasteiger partial charge in [-0.1, -0.05) is 18.2 Å². The average molecular weight is 255 g/mol. The molecule has 0 bridgehead atoms. The minimum Gasteiger partial charge on any atom is -0.326 e. The molecule has 1 heterocycles. The van der Waals surface area contributed by atoms with E-state index in [1.807, 2.05) is 18.2 Å². The molecule has 0 saturated carbocycles. The minimum atomic E-state index is -0.361. The first-order valence-corrected chi connectivity index (χ1v) is 5.79. The summed E-state index contributed by atoms with van der Waals surface area (Å²) < 4.78 is 0. The van der Waals surface area contributed by atoms with E-state index in [-0.39, 0.29) is 18.2 Å². The Balaban J connectivity index is 1.84. The van der Waals surface area contributed by atoms with Crippen molar-refractivity contribution in [2.24, 2.45) is 0 Å². The van der Waals surface area contributed by atoms with Gasteiger partial charge in [-0.2, -0.15) is 0 Å². The predicted octanol–water partition coefficient (Wildman–Crippen LogP) is 2.05. The molecule has 2 amide bonds. The molecule has 0 saturated heterocycles. The number of benzene rings is 1. The monoisotopic (exact) mass is 255 g/mol. The van der Waals surface area contributed by atoms with Crippen LogP contribution in [-0.2, 0) is 9.59 Å². The average Bonchev–Trinajstić information content (AvgIpc) is 2.40. The fourth-order valence-electron chi connectivity index (χ4n) is 1.51. The molecule has 0 unspecified atom stereocenters. The van der Waals surface area contributed by atoms with Crippen molar-refractivity contribution in [1.29, 1.82) is 0 Å².